The van der Waals surface area contributed by atoms with Gasteiger partial charge in [0.05, 0.1) is 0 Å². The van der Waals surface area contributed by atoms with Crippen LogP contribution in [-0.2, 0) is 5.60 Å². The van der Waals surface area contributed by atoms with Crippen LogP contribution in [0.1, 0.15) is 30.0 Å². The highest BCUT2D eigenvalue weighted by Crippen LogP contribution is 2.36. The van der Waals surface area contributed by atoms with Gasteiger partial charge in [0.1, 0.15) is 5.60 Å². The second-order valence-electron chi connectivity index (χ2n) is 5.32. The maximum Gasteiger partial charge on any atom is 0.104 e. The number of likely N-dealkylation sites (N-methyl/N-ethyl adjacent to an activating group) is 1. The van der Waals surface area contributed by atoms with Gasteiger partial charge in [-0.15, -0.1) is 0 Å². The molecule has 0 spiro atoms. The van der Waals surface area contributed by atoms with Crippen molar-refractivity contribution in [2.24, 2.45) is 0 Å². The number of nitrogens with zero attached hydrogens (tertiary/aromatic N) is 1. The minimum atomic E-state index is -0.661. The minimum Gasteiger partial charge on any atom is -0.384 e. The summed E-state index contributed by atoms with van der Waals surface area (Å²) in [5, 5.41) is 10.7. The van der Waals surface area contributed by atoms with E-state index < -0.39 is 5.60 Å². The number of rotatable bonds is 1. The molecular weight excluding hydrogens is 198 g/mol. The topological polar surface area (TPSA) is 23.5 Å². The first-order chi connectivity index (χ1) is 7.42. The Morgan fingerprint density at radius 3 is 2.56 bits per heavy atom. The molecule has 2 unspecified atom stereocenters. The van der Waals surface area contributed by atoms with E-state index in [1.165, 1.54) is 11.1 Å². The van der Waals surface area contributed by atoms with Crippen LogP contribution < -0.4 is 0 Å². The fraction of sp³-hybridized carbons (Fsp3) is 0.571. The Bertz CT molecular complexity index is 390. The number of likely N-dealkylation sites (tertiary alicyclic amines) is 1. The van der Waals surface area contributed by atoms with Crippen molar-refractivity contribution in [1.29, 1.82) is 0 Å². The molecule has 1 aliphatic rings. The zero-order chi connectivity index (χ0) is 11.9. The van der Waals surface area contributed by atoms with Gasteiger partial charge >= 0.3 is 0 Å². The summed E-state index contributed by atoms with van der Waals surface area (Å²) in [6, 6.07) is 6.77. The molecule has 2 nitrogen and oxygen atoms in total. The maximum absolute atomic E-state index is 10.7. The van der Waals surface area contributed by atoms with Crippen molar-refractivity contribution in [3.05, 3.63) is 34.9 Å². The second-order valence-corrected chi connectivity index (χ2v) is 5.32. The summed E-state index contributed by atoms with van der Waals surface area (Å²) in [5.74, 6) is 0. The van der Waals surface area contributed by atoms with E-state index in [1.807, 2.05) is 0 Å². The predicted octanol–water partition coefficient (Wildman–Crippen LogP) is 2.22. The van der Waals surface area contributed by atoms with Gasteiger partial charge in [0.2, 0.25) is 0 Å². The Kier molecular flexibility index (Phi) is 2.81. The lowest BCUT2D eigenvalue weighted by molar-refractivity contribution is 0.0479. The Morgan fingerprint density at radius 2 is 2.06 bits per heavy atom. The van der Waals surface area contributed by atoms with Crippen LogP contribution in [0, 0.1) is 13.8 Å². The molecule has 0 radical (unpaired) electrons. The van der Waals surface area contributed by atoms with Gasteiger partial charge in [-0.2, -0.15) is 0 Å². The fourth-order valence-electron chi connectivity index (χ4n) is 2.81. The highest BCUT2D eigenvalue weighted by molar-refractivity contribution is 5.36. The maximum atomic E-state index is 10.7. The monoisotopic (exact) mass is 219 g/mol. The van der Waals surface area contributed by atoms with Crippen molar-refractivity contribution in [1.82, 2.24) is 4.90 Å². The van der Waals surface area contributed by atoms with E-state index in [4.69, 9.17) is 0 Å². The first-order valence-corrected chi connectivity index (χ1v) is 5.93. The molecule has 1 aromatic rings. The third kappa shape index (κ3) is 1.87. The van der Waals surface area contributed by atoms with E-state index in [0.717, 1.165) is 18.5 Å². The van der Waals surface area contributed by atoms with Crippen LogP contribution >= 0.6 is 0 Å². The molecule has 1 aromatic carbocycles. The van der Waals surface area contributed by atoms with Gasteiger partial charge in [0.15, 0.2) is 0 Å². The molecule has 0 amide bonds. The second kappa shape index (κ2) is 3.86. The lowest BCUT2D eigenvalue weighted by Gasteiger charge is -2.25. The van der Waals surface area contributed by atoms with Crippen LogP contribution in [0.25, 0.3) is 0 Å². The smallest absolute Gasteiger partial charge is 0.104 e. The van der Waals surface area contributed by atoms with Gasteiger partial charge in [-0.3, -0.25) is 0 Å². The number of hydrogen-bond acceptors (Lipinski definition) is 2. The molecular formula is C14H21NO. The highest BCUT2D eigenvalue weighted by Gasteiger charge is 2.40. The molecule has 0 bridgehead atoms. The Hall–Kier alpha value is -0.860. The summed E-state index contributed by atoms with van der Waals surface area (Å²) in [5.41, 5.74) is 2.88. The highest BCUT2D eigenvalue weighted by atomic mass is 16.3. The van der Waals surface area contributed by atoms with Crippen LogP contribution in [0.15, 0.2) is 18.2 Å². The quantitative estimate of drug-likeness (QED) is 0.783. The summed E-state index contributed by atoms with van der Waals surface area (Å²) in [6.07, 6.45) is 0.827. The third-order valence-electron chi connectivity index (χ3n) is 3.78. The van der Waals surface area contributed by atoms with Gasteiger partial charge in [-0.25, -0.2) is 0 Å². The van der Waals surface area contributed by atoms with Crippen molar-refractivity contribution in [3.8, 4) is 0 Å². The van der Waals surface area contributed by atoms with Crippen molar-refractivity contribution in [2.45, 2.75) is 38.8 Å². The molecule has 1 N–H and O–H groups in total. The third-order valence-corrected chi connectivity index (χ3v) is 3.78. The molecule has 0 aliphatic carbocycles. The van der Waals surface area contributed by atoms with Crippen LogP contribution in [0.5, 0.6) is 0 Å². The molecule has 2 heteroatoms. The lowest BCUT2D eigenvalue weighted by atomic mass is 9.87. The van der Waals surface area contributed by atoms with Gasteiger partial charge in [0, 0.05) is 12.6 Å². The summed E-state index contributed by atoms with van der Waals surface area (Å²) in [4.78, 5) is 2.22. The van der Waals surface area contributed by atoms with Crippen molar-refractivity contribution in [2.75, 3.05) is 13.6 Å². The predicted molar refractivity (Wildman–Crippen MR) is 66.5 cm³/mol. The number of hydrogen-bond donors (Lipinski definition) is 1. The van der Waals surface area contributed by atoms with E-state index in [0.29, 0.717) is 6.04 Å². The molecule has 1 aliphatic heterocycles. The SMILES string of the molecule is Cc1ccc(C2(O)CC(C)N(C)C2)c(C)c1. The minimum absolute atomic E-state index is 0.450. The van der Waals surface area contributed by atoms with E-state index in [2.05, 4.69) is 50.9 Å². The summed E-state index contributed by atoms with van der Waals surface area (Å²) in [7, 11) is 2.08. The van der Waals surface area contributed by atoms with E-state index in [9.17, 15) is 5.11 Å². The first-order valence-electron chi connectivity index (χ1n) is 5.93. The Balaban J connectivity index is 2.37. The molecule has 88 valence electrons. The standard InChI is InChI=1S/C14H21NO/c1-10-5-6-13(11(2)7-10)14(16)8-12(3)15(4)9-14/h5-7,12,16H,8-9H2,1-4H3. The fourth-order valence-corrected chi connectivity index (χ4v) is 2.81. The molecule has 1 fully saturated rings. The van der Waals surface area contributed by atoms with E-state index in [1.54, 1.807) is 0 Å². The van der Waals surface area contributed by atoms with E-state index in [-0.39, 0.29) is 0 Å². The number of aliphatic hydroxyl groups is 1. The van der Waals surface area contributed by atoms with E-state index >= 15 is 0 Å². The molecule has 2 atom stereocenters. The van der Waals surface area contributed by atoms with Crippen LogP contribution in [0.4, 0.5) is 0 Å². The zero-order valence-corrected chi connectivity index (χ0v) is 10.6. The number of aryl methyl sites for hydroxylation is 2. The molecule has 0 saturated carbocycles. The lowest BCUT2D eigenvalue weighted by Crippen LogP contribution is -2.30. The van der Waals surface area contributed by atoms with Crippen molar-refractivity contribution >= 4 is 0 Å². The molecule has 0 aromatic heterocycles. The Labute approximate surface area is 97.9 Å². The summed E-state index contributed by atoms with van der Waals surface area (Å²) in [6.45, 7) is 7.08. The summed E-state index contributed by atoms with van der Waals surface area (Å²) < 4.78 is 0. The van der Waals surface area contributed by atoms with Crippen LogP contribution in [-0.4, -0.2) is 29.6 Å². The average Bonchev–Trinajstić information content (AvgIpc) is 2.41. The summed E-state index contributed by atoms with van der Waals surface area (Å²) >= 11 is 0. The van der Waals surface area contributed by atoms with Gasteiger partial charge < -0.3 is 10.0 Å². The van der Waals surface area contributed by atoms with Gasteiger partial charge in [-0.1, -0.05) is 23.8 Å². The van der Waals surface area contributed by atoms with Crippen LogP contribution in [0.2, 0.25) is 0 Å². The zero-order valence-electron chi connectivity index (χ0n) is 10.6. The average molecular weight is 219 g/mol. The molecule has 1 heterocycles. The molecule has 1 saturated heterocycles. The Morgan fingerprint density at radius 1 is 1.38 bits per heavy atom. The first kappa shape index (κ1) is 11.6. The number of β-amino-alcohol motifs (C(OH)–C–C–N with tert-alkyl or cyclic N) is 1. The van der Waals surface area contributed by atoms with Gasteiger partial charge in [0.25, 0.3) is 0 Å². The normalized spacial score (nSPS) is 30.9. The van der Waals surface area contributed by atoms with Gasteiger partial charge in [-0.05, 0) is 45.4 Å². The largest absolute Gasteiger partial charge is 0.384 e. The van der Waals surface area contributed by atoms with Crippen LogP contribution in [0.3, 0.4) is 0 Å². The van der Waals surface area contributed by atoms with Crippen molar-refractivity contribution < 1.29 is 5.11 Å². The molecule has 16 heavy (non-hydrogen) atoms. The molecule has 2 rings (SSSR count). The van der Waals surface area contributed by atoms with Crippen molar-refractivity contribution in [3.63, 3.8) is 0 Å². The number of benzene rings is 1.